The Morgan fingerprint density at radius 1 is 0.952 bits per heavy atom. The molecule has 2 aromatic carbocycles. The van der Waals surface area contributed by atoms with E-state index in [4.69, 9.17) is 15.9 Å². The molecule has 1 aromatic heterocycles. The van der Waals surface area contributed by atoms with Crippen LogP contribution in [-0.2, 0) is 6.18 Å². The lowest BCUT2D eigenvalue weighted by Gasteiger charge is -2.09. The van der Waals surface area contributed by atoms with Crippen LogP contribution in [0.5, 0.6) is 0 Å². The number of benzene rings is 2. The van der Waals surface area contributed by atoms with Crippen molar-refractivity contribution in [3.63, 3.8) is 0 Å². The second-order valence-electron chi connectivity index (χ2n) is 4.50. The fourth-order valence-electron chi connectivity index (χ4n) is 2.16. The van der Waals surface area contributed by atoms with Crippen LogP contribution in [0.2, 0.25) is 0 Å². The molecule has 3 aromatic rings. The number of oxazole rings is 1. The van der Waals surface area contributed by atoms with Crippen molar-refractivity contribution in [2.45, 2.75) is 6.18 Å². The third-order valence-electron chi connectivity index (χ3n) is 3.11. The number of nitrogen functional groups attached to an aromatic ring is 2. The highest BCUT2D eigenvalue weighted by Gasteiger charge is 2.30. The van der Waals surface area contributed by atoms with E-state index in [2.05, 4.69) is 4.98 Å². The second kappa shape index (κ2) is 4.41. The van der Waals surface area contributed by atoms with Crippen molar-refractivity contribution in [1.82, 2.24) is 4.98 Å². The van der Waals surface area contributed by atoms with Crippen molar-refractivity contribution in [3.8, 4) is 11.1 Å². The summed E-state index contributed by atoms with van der Waals surface area (Å²) in [4.78, 5) is 4.03. The molecule has 0 bridgehead atoms. The summed E-state index contributed by atoms with van der Waals surface area (Å²) in [5.74, 6) is 0. The molecular formula is C14H10F3N3O. The van der Waals surface area contributed by atoms with Gasteiger partial charge in [0, 0.05) is 11.3 Å². The Morgan fingerprint density at radius 2 is 1.62 bits per heavy atom. The maximum atomic E-state index is 12.6. The normalized spacial score (nSPS) is 12.0. The molecular weight excluding hydrogens is 283 g/mol. The summed E-state index contributed by atoms with van der Waals surface area (Å²) in [7, 11) is 0. The molecule has 0 saturated carbocycles. The van der Waals surface area contributed by atoms with Crippen molar-refractivity contribution < 1.29 is 17.6 Å². The number of halogens is 3. The van der Waals surface area contributed by atoms with Crippen LogP contribution in [0, 0.1) is 0 Å². The van der Waals surface area contributed by atoms with Crippen molar-refractivity contribution in [2.75, 3.05) is 11.5 Å². The summed E-state index contributed by atoms with van der Waals surface area (Å²) in [5.41, 5.74) is 12.9. The number of hydrogen-bond donors (Lipinski definition) is 2. The SMILES string of the molecule is Nc1nc2c(-c3ccc(C(F)(F)F)cc3)c(N)ccc2o1. The maximum Gasteiger partial charge on any atom is 0.416 e. The van der Waals surface area contributed by atoms with Crippen LogP contribution in [0.4, 0.5) is 24.9 Å². The number of aromatic nitrogens is 1. The molecule has 0 aliphatic rings. The lowest BCUT2D eigenvalue weighted by Crippen LogP contribution is -2.04. The first-order valence-electron chi connectivity index (χ1n) is 5.98. The average molecular weight is 293 g/mol. The fraction of sp³-hybridized carbons (Fsp3) is 0.0714. The molecule has 0 unspecified atom stereocenters. The fourth-order valence-corrected chi connectivity index (χ4v) is 2.16. The number of alkyl halides is 3. The standard InChI is InChI=1S/C14H10F3N3O/c15-14(16,17)8-3-1-7(2-4-8)11-9(18)5-6-10-12(11)20-13(19)21-10/h1-6H,18H2,(H2,19,20). The topological polar surface area (TPSA) is 78.1 Å². The van der Waals surface area contributed by atoms with Gasteiger partial charge in [0.05, 0.1) is 5.56 Å². The minimum absolute atomic E-state index is 0.0243. The van der Waals surface area contributed by atoms with Crippen molar-refractivity contribution in [2.24, 2.45) is 0 Å². The summed E-state index contributed by atoms with van der Waals surface area (Å²) in [6, 6.07) is 7.87. The number of hydrogen-bond acceptors (Lipinski definition) is 4. The van der Waals surface area contributed by atoms with Crippen LogP contribution < -0.4 is 11.5 Å². The lowest BCUT2D eigenvalue weighted by atomic mass is 10.0. The second-order valence-corrected chi connectivity index (χ2v) is 4.50. The maximum absolute atomic E-state index is 12.6. The zero-order chi connectivity index (χ0) is 15.2. The zero-order valence-electron chi connectivity index (χ0n) is 10.6. The third-order valence-corrected chi connectivity index (χ3v) is 3.11. The van der Waals surface area contributed by atoms with Gasteiger partial charge in [-0.15, -0.1) is 0 Å². The van der Waals surface area contributed by atoms with E-state index in [0.717, 1.165) is 12.1 Å². The number of anilines is 2. The molecule has 4 N–H and O–H groups in total. The van der Waals surface area contributed by atoms with Crippen LogP contribution in [0.3, 0.4) is 0 Å². The molecule has 0 fully saturated rings. The quantitative estimate of drug-likeness (QED) is 0.671. The molecule has 0 atom stereocenters. The summed E-state index contributed by atoms with van der Waals surface area (Å²) in [6.07, 6.45) is -4.38. The van der Waals surface area contributed by atoms with Gasteiger partial charge in [-0.1, -0.05) is 12.1 Å². The van der Waals surface area contributed by atoms with Gasteiger partial charge in [0.25, 0.3) is 6.01 Å². The van der Waals surface area contributed by atoms with Crippen molar-refractivity contribution in [3.05, 3.63) is 42.0 Å². The van der Waals surface area contributed by atoms with Crippen molar-refractivity contribution in [1.29, 1.82) is 0 Å². The predicted octanol–water partition coefficient (Wildman–Crippen LogP) is 3.68. The van der Waals surface area contributed by atoms with Crippen molar-refractivity contribution >= 4 is 22.8 Å². The van der Waals surface area contributed by atoms with Gasteiger partial charge in [-0.3, -0.25) is 0 Å². The summed E-state index contributed by atoms with van der Waals surface area (Å²) in [5, 5.41) is 0. The van der Waals surface area contributed by atoms with E-state index in [1.165, 1.54) is 12.1 Å². The van der Waals surface area contributed by atoms with Gasteiger partial charge in [-0.05, 0) is 29.8 Å². The van der Waals surface area contributed by atoms with E-state index in [1.807, 2.05) is 0 Å². The minimum atomic E-state index is -4.38. The van der Waals surface area contributed by atoms with Crippen LogP contribution in [0.1, 0.15) is 5.56 Å². The summed E-state index contributed by atoms with van der Waals surface area (Å²) < 4.78 is 43.0. The first kappa shape index (κ1) is 13.3. The molecule has 4 nitrogen and oxygen atoms in total. The number of nitrogens with zero attached hydrogens (tertiary/aromatic N) is 1. The highest BCUT2D eigenvalue weighted by atomic mass is 19.4. The number of rotatable bonds is 1. The minimum Gasteiger partial charge on any atom is -0.424 e. The largest absolute Gasteiger partial charge is 0.424 e. The molecule has 0 amide bonds. The Labute approximate surface area is 117 Å². The van der Waals surface area contributed by atoms with Crippen LogP contribution >= 0.6 is 0 Å². The smallest absolute Gasteiger partial charge is 0.416 e. The highest BCUT2D eigenvalue weighted by molar-refractivity contribution is 5.98. The zero-order valence-corrected chi connectivity index (χ0v) is 10.6. The van der Waals surface area contributed by atoms with Gasteiger partial charge >= 0.3 is 6.18 Å². The van der Waals surface area contributed by atoms with Gasteiger partial charge in [0.1, 0.15) is 5.52 Å². The molecule has 0 aliphatic heterocycles. The van der Waals surface area contributed by atoms with E-state index in [1.54, 1.807) is 12.1 Å². The van der Waals surface area contributed by atoms with Gasteiger partial charge in [0.2, 0.25) is 0 Å². The number of fused-ring (bicyclic) bond motifs is 1. The van der Waals surface area contributed by atoms with Gasteiger partial charge < -0.3 is 15.9 Å². The molecule has 0 aliphatic carbocycles. The molecule has 0 saturated heterocycles. The molecule has 21 heavy (non-hydrogen) atoms. The monoisotopic (exact) mass is 293 g/mol. The third kappa shape index (κ3) is 2.26. The van der Waals surface area contributed by atoms with Gasteiger partial charge in [0.15, 0.2) is 5.58 Å². The van der Waals surface area contributed by atoms with E-state index in [-0.39, 0.29) is 6.01 Å². The van der Waals surface area contributed by atoms with Crippen LogP contribution in [-0.4, -0.2) is 4.98 Å². The van der Waals surface area contributed by atoms with Crippen LogP contribution in [0.25, 0.3) is 22.2 Å². The molecule has 108 valence electrons. The Balaban J connectivity index is 2.18. The Bertz CT molecular complexity index is 807. The predicted molar refractivity (Wildman–Crippen MR) is 73.3 cm³/mol. The van der Waals surface area contributed by atoms with E-state index < -0.39 is 11.7 Å². The Morgan fingerprint density at radius 3 is 2.24 bits per heavy atom. The molecule has 7 heteroatoms. The van der Waals surface area contributed by atoms with Crippen LogP contribution in [0.15, 0.2) is 40.8 Å². The van der Waals surface area contributed by atoms with E-state index in [0.29, 0.717) is 27.9 Å². The molecule has 0 spiro atoms. The average Bonchev–Trinajstić information content (AvgIpc) is 2.78. The molecule has 3 rings (SSSR count). The first-order valence-corrected chi connectivity index (χ1v) is 5.98. The highest BCUT2D eigenvalue weighted by Crippen LogP contribution is 2.36. The summed E-state index contributed by atoms with van der Waals surface area (Å²) in [6.45, 7) is 0. The Hall–Kier alpha value is -2.70. The van der Waals surface area contributed by atoms with Gasteiger partial charge in [-0.25, -0.2) is 0 Å². The van der Waals surface area contributed by atoms with Gasteiger partial charge in [-0.2, -0.15) is 18.2 Å². The first-order chi connectivity index (χ1) is 9.86. The summed E-state index contributed by atoms with van der Waals surface area (Å²) >= 11 is 0. The lowest BCUT2D eigenvalue weighted by molar-refractivity contribution is -0.137. The molecule has 0 radical (unpaired) electrons. The number of nitrogens with two attached hydrogens (primary N) is 2. The van der Waals surface area contributed by atoms with E-state index in [9.17, 15) is 13.2 Å². The van der Waals surface area contributed by atoms with E-state index >= 15 is 0 Å². The Kier molecular flexibility index (Phi) is 2.79. The molecule has 1 heterocycles.